The highest BCUT2D eigenvalue weighted by molar-refractivity contribution is 7.99. The fourth-order valence-electron chi connectivity index (χ4n) is 6.81. The van der Waals surface area contributed by atoms with Gasteiger partial charge in [0.1, 0.15) is 5.75 Å². The second-order valence-corrected chi connectivity index (χ2v) is 13.8. The quantitative estimate of drug-likeness (QED) is 0.0561. The molecule has 0 saturated heterocycles. The van der Waals surface area contributed by atoms with Gasteiger partial charge in [0.2, 0.25) is 0 Å². The van der Waals surface area contributed by atoms with Crippen molar-refractivity contribution in [1.82, 2.24) is 4.90 Å². The molecule has 0 aliphatic heterocycles. The molecule has 3 atom stereocenters. The molecule has 2 aromatic rings. The van der Waals surface area contributed by atoms with Gasteiger partial charge >= 0.3 is 5.97 Å². The first-order chi connectivity index (χ1) is 21.0. The fraction of sp³-hybridized carbons (Fsp3) is 0.667. The number of nitroso groups, excluding NO2 is 2. The molecule has 8 nitrogen and oxygen atoms in total. The monoisotopic (exact) mass is 629 g/mol. The zero-order chi connectivity index (χ0) is 30.4. The number of carbonyl (C=O) groups excluding carboxylic acids is 1. The maximum absolute atomic E-state index is 12.9. The van der Waals surface area contributed by atoms with E-state index in [1.807, 2.05) is 43.3 Å². The van der Waals surface area contributed by atoms with Gasteiger partial charge in [-0.3, -0.25) is 9.69 Å². The number of nitrogens with zero attached hydrogens (tertiary/aromatic N) is 3. The van der Waals surface area contributed by atoms with Gasteiger partial charge in [-0.05, 0) is 92.2 Å². The third-order valence-electron chi connectivity index (χ3n) is 9.29. The number of rotatable bonds is 17. The highest BCUT2D eigenvalue weighted by Crippen LogP contribution is 2.42. The van der Waals surface area contributed by atoms with E-state index in [4.69, 9.17) is 9.47 Å². The Morgan fingerprint density at radius 3 is 2.00 bits per heavy atom. The number of ether oxygens (including phenoxy) is 2. The predicted molar refractivity (Wildman–Crippen MR) is 178 cm³/mol. The van der Waals surface area contributed by atoms with Crippen molar-refractivity contribution in [3.05, 3.63) is 51.8 Å². The normalized spacial score (nSPS) is 18.7. The molecular formula is C33H47N3O5S2. The molecule has 0 N–H and O–H groups in total. The minimum Gasteiger partial charge on any atom is -0.497 e. The van der Waals surface area contributed by atoms with E-state index < -0.39 is 0 Å². The Balaban J connectivity index is 1.31. The molecule has 2 fully saturated rings. The summed E-state index contributed by atoms with van der Waals surface area (Å²) in [4.78, 5) is 38.4. The van der Waals surface area contributed by atoms with Crippen LogP contribution in [-0.4, -0.2) is 41.9 Å². The lowest BCUT2D eigenvalue weighted by atomic mass is 9.86. The number of fused-ring (bicyclic) bond motifs is 1. The summed E-state index contributed by atoms with van der Waals surface area (Å²) in [5.74, 6) is 1.04. The van der Waals surface area contributed by atoms with Gasteiger partial charge in [-0.2, -0.15) is 0 Å². The topological polar surface area (TPSA) is 97.6 Å². The van der Waals surface area contributed by atoms with Crippen molar-refractivity contribution in [2.75, 3.05) is 20.3 Å². The van der Waals surface area contributed by atoms with E-state index in [0.717, 1.165) is 97.5 Å². The Morgan fingerprint density at radius 1 is 0.837 bits per heavy atom. The number of hydrogen-bond donors (Lipinski definition) is 0. The Bertz CT molecular complexity index is 1140. The van der Waals surface area contributed by atoms with Gasteiger partial charge in [-0.1, -0.05) is 62.8 Å². The van der Waals surface area contributed by atoms with Crippen LogP contribution >= 0.6 is 23.9 Å². The van der Waals surface area contributed by atoms with E-state index >= 15 is 0 Å². The summed E-state index contributed by atoms with van der Waals surface area (Å²) in [6, 6.07) is 11.9. The lowest BCUT2D eigenvalue weighted by molar-refractivity contribution is -0.145. The zero-order valence-corrected chi connectivity index (χ0v) is 27.3. The molecule has 0 aromatic heterocycles. The molecular weight excluding hydrogens is 583 g/mol. The predicted octanol–water partition coefficient (Wildman–Crippen LogP) is 9.61. The molecule has 0 heterocycles. The molecule has 2 aromatic carbocycles. The van der Waals surface area contributed by atoms with E-state index in [1.54, 1.807) is 7.11 Å². The van der Waals surface area contributed by atoms with Gasteiger partial charge in [0.05, 0.1) is 30.4 Å². The minimum atomic E-state index is -0.352. The van der Waals surface area contributed by atoms with Crippen LogP contribution < -0.4 is 4.74 Å². The van der Waals surface area contributed by atoms with Crippen LogP contribution in [0, 0.1) is 21.6 Å². The van der Waals surface area contributed by atoms with Crippen molar-refractivity contribution in [2.45, 2.75) is 107 Å². The Labute approximate surface area is 265 Å². The van der Waals surface area contributed by atoms with Crippen LogP contribution in [0.15, 0.2) is 45.6 Å². The number of hydrogen-bond acceptors (Lipinski definition) is 10. The molecule has 0 amide bonds. The first kappa shape index (κ1) is 33.7. The van der Waals surface area contributed by atoms with Gasteiger partial charge in [-0.25, -0.2) is 0 Å². The van der Waals surface area contributed by atoms with Crippen LogP contribution in [0.25, 0.3) is 10.8 Å². The lowest BCUT2D eigenvalue weighted by Gasteiger charge is -2.43. The third kappa shape index (κ3) is 9.66. The molecule has 236 valence electrons. The molecule has 0 bridgehead atoms. The summed E-state index contributed by atoms with van der Waals surface area (Å²) in [6.45, 7) is 3.04. The van der Waals surface area contributed by atoms with Crippen LogP contribution in [0.3, 0.4) is 0 Å². The van der Waals surface area contributed by atoms with Gasteiger partial charge in [-0.15, -0.1) is 9.81 Å². The molecule has 2 aliphatic rings. The largest absolute Gasteiger partial charge is 0.497 e. The number of methoxy groups -OCH3 is 1. The highest BCUT2D eigenvalue weighted by atomic mass is 32.2. The molecule has 2 saturated carbocycles. The first-order valence-corrected chi connectivity index (χ1v) is 17.7. The number of benzene rings is 2. The van der Waals surface area contributed by atoms with Crippen molar-refractivity contribution in [3.8, 4) is 5.75 Å². The Kier molecular flexibility index (Phi) is 14.1. The zero-order valence-electron chi connectivity index (χ0n) is 25.7. The number of unbranched alkanes of at least 4 members (excludes halogenated alkanes) is 2. The summed E-state index contributed by atoms with van der Waals surface area (Å²) in [5, 5.41) is 2.08. The van der Waals surface area contributed by atoms with E-state index in [2.05, 4.69) is 14.1 Å². The summed E-state index contributed by atoms with van der Waals surface area (Å²) < 4.78 is 17.6. The molecule has 2 unspecified atom stereocenters. The molecule has 10 heteroatoms. The van der Waals surface area contributed by atoms with Crippen molar-refractivity contribution < 1.29 is 14.3 Å². The SMILES string of the molecule is COc1ccc2cc([C@H](C)C(=O)OCCCCCN(C(SN=O)C3CCCCC3)C(SN=O)C3CCCCC3)ccc2c1. The smallest absolute Gasteiger partial charge is 0.313 e. The van der Waals surface area contributed by atoms with Crippen LogP contribution in [-0.2, 0) is 9.53 Å². The Hall–Kier alpha value is -2.17. The van der Waals surface area contributed by atoms with E-state index in [1.165, 1.54) is 38.5 Å². The van der Waals surface area contributed by atoms with Crippen molar-refractivity contribution >= 4 is 40.6 Å². The minimum absolute atomic E-state index is 0.0271. The highest BCUT2D eigenvalue weighted by Gasteiger charge is 2.38. The number of esters is 1. The number of carbonyl (C=O) groups is 1. The summed E-state index contributed by atoms with van der Waals surface area (Å²) in [6.07, 6.45) is 14.1. The molecule has 2 aliphatic carbocycles. The summed E-state index contributed by atoms with van der Waals surface area (Å²) >= 11 is 2.30. The van der Waals surface area contributed by atoms with Gasteiger partial charge in [0, 0.05) is 39.6 Å². The summed E-state index contributed by atoms with van der Waals surface area (Å²) in [5.41, 5.74) is 0.934. The van der Waals surface area contributed by atoms with Crippen LogP contribution in [0.4, 0.5) is 0 Å². The van der Waals surface area contributed by atoms with Crippen molar-refractivity contribution in [2.24, 2.45) is 21.0 Å². The van der Waals surface area contributed by atoms with Crippen LogP contribution in [0.2, 0.25) is 0 Å². The first-order valence-electron chi connectivity index (χ1n) is 16.0. The second-order valence-electron chi connectivity index (χ2n) is 12.1. The maximum Gasteiger partial charge on any atom is 0.313 e. The molecule has 0 radical (unpaired) electrons. The van der Waals surface area contributed by atoms with Crippen molar-refractivity contribution in [1.29, 1.82) is 0 Å². The van der Waals surface area contributed by atoms with E-state index in [0.29, 0.717) is 18.4 Å². The second kappa shape index (κ2) is 18.0. The average Bonchev–Trinajstić information content (AvgIpc) is 3.06. The van der Waals surface area contributed by atoms with Crippen molar-refractivity contribution in [3.63, 3.8) is 0 Å². The average molecular weight is 630 g/mol. The van der Waals surface area contributed by atoms with Gasteiger partial charge < -0.3 is 9.47 Å². The Morgan fingerprint density at radius 2 is 1.42 bits per heavy atom. The van der Waals surface area contributed by atoms with Crippen LogP contribution in [0.5, 0.6) is 5.75 Å². The third-order valence-corrected chi connectivity index (χ3v) is 11.2. The lowest BCUT2D eigenvalue weighted by Crippen LogP contribution is -2.48. The van der Waals surface area contributed by atoms with E-state index in [9.17, 15) is 14.6 Å². The van der Waals surface area contributed by atoms with Crippen LogP contribution in [0.1, 0.15) is 102 Å². The summed E-state index contributed by atoms with van der Waals surface area (Å²) in [7, 11) is 1.65. The molecule has 4 rings (SSSR count). The maximum atomic E-state index is 12.9. The standard InChI is InChI=1S/C33H47N3O5S2/c1-24(27-16-17-29-23-30(40-2)19-18-28(29)22-27)33(37)41-21-11-5-10-20-36(31(42-34-38)25-12-6-3-7-13-25)32(43-35-39)26-14-8-4-9-15-26/h16-19,22-26,31-32H,3-15,20-21H2,1-2H3/t24-,31?,32?/m0/s1. The van der Waals surface area contributed by atoms with Gasteiger partial charge in [0.15, 0.2) is 0 Å². The van der Waals surface area contributed by atoms with Gasteiger partial charge in [0.25, 0.3) is 0 Å². The molecule has 43 heavy (non-hydrogen) atoms. The van der Waals surface area contributed by atoms with E-state index in [-0.39, 0.29) is 22.6 Å². The fourth-order valence-corrected chi connectivity index (χ4v) is 8.66. The molecule has 0 spiro atoms.